The van der Waals surface area contributed by atoms with Gasteiger partial charge >= 0.3 is 6.09 Å². The van der Waals surface area contributed by atoms with E-state index in [-0.39, 0.29) is 24.7 Å². The van der Waals surface area contributed by atoms with Gasteiger partial charge < -0.3 is 14.5 Å². The van der Waals surface area contributed by atoms with Crippen molar-refractivity contribution in [1.29, 1.82) is 0 Å². The van der Waals surface area contributed by atoms with Crippen molar-refractivity contribution in [3.63, 3.8) is 0 Å². The fourth-order valence-corrected chi connectivity index (χ4v) is 6.77. The number of piperidine rings is 1. The van der Waals surface area contributed by atoms with Crippen molar-refractivity contribution in [2.75, 3.05) is 39.8 Å². The van der Waals surface area contributed by atoms with Crippen LogP contribution in [0.1, 0.15) is 49.7 Å². The fraction of sp³-hybridized carbons (Fsp3) is 0.424. The van der Waals surface area contributed by atoms with Crippen LogP contribution in [0, 0.1) is 0 Å². The Kier molecular flexibility index (Phi) is 11.4. The monoisotopic (exact) mass is 577 g/mol. The van der Waals surface area contributed by atoms with Gasteiger partial charge in [0.05, 0.1) is 4.90 Å². The van der Waals surface area contributed by atoms with E-state index in [1.165, 1.54) is 4.31 Å². The van der Waals surface area contributed by atoms with Gasteiger partial charge in [0, 0.05) is 39.3 Å². The van der Waals surface area contributed by atoms with Crippen LogP contribution in [0.25, 0.3) is 0 Å². The molecule has 1 aliphatic heterocycles. The summed E-state index contributed by atoms with van der Waals surface area (Å²) in [7, 11) is -1.90. The van der Waals surface area contributed by atoms with Gasteiger partial charge in [-0.25, -0.2) is 17.5 Å². The second-order valence-corrected chi connectivity index (χ2v) is 12.8. The molecule has 1 amide bonds. The lowest BCUT2D eigenvalue weighted by Gasteiger charge is -2.38. The maximum atomic E-state index is 13.2. The second-order valence-electron chi connectivity index (χ2n) is 10.8. The predicted molar refractivity (Wildman–Crippen MR) is 163 cm³/mol. The number of carbonyl (C=O) groups is 1. The summed E-state index contributed by atoms with van der Waals surface area (Å²) in [6.45, 7) is 6.15. The van der Waals surface area contributed by atoms with Crippen LogP contribution in [-0.4, -0.2) is 74.4 Å². The first-order chi connectivity index (χ1) is 19.9. The Morgan fingerprint density at radius 3 is 2.12 bits per heavy atom. The van der Waals surface area contributed by atoms with Gasteiger partial charge in [0.15, 0.2) is 0 Å². The molecule has 8 heteroatoms. The Hall–Kier alpha value is -3.20. The summed E-state index contributed by atoms with van der Waals surface area (Å²) in [6.07, 6.45) is 3.30. The number of benzene rings is 3. The largest absolute Gasteiger partial charge is 0.445 e. The minimum absolute atomic E-state index is 0.0713. The lowest BCUT2D eigenvalue weighted by atomic mass is 9.94. The maximum Gasteiger partial charge on any atom is 0.410 e. The number of hydrogen-bond acceptors (Lipinski definition) is 5. The average Bonchev–Trinajstić information content (AvgIpc) is 3.02. The molecule has 1 heterocycles. The van der Waals surface area contributed by atoms with Gasteiger partial charge in [-0.2, -0.15) is 0 Å². The van der Waals surface area contributed by atoms with Gasteiger partial charge in [0.25, 0.3) is 0 Å². The van der Waals surface area contributed by atoms with Crippen molar-refractivity contribution >= 4 is 16.1 Å². The number of hydrogen-bond donors (Lipinski definition) is 0. The van der Waals surface area contributed by atoms with Gasteiger partial charge in [-0.3, -0.25) is 0 Å². The predicted octanol–water partition coefficient (Wildman–Crippen LogP) is 5.99. The first-order valence-electron chi connectivity index (χ1n) is 14.6. The zero-order valence-corrected chi connectivity index (χ0v) is 25.1. The average molecular weight is 578 g/mol. The van der Waals surface area contributed by atoms with Gasteiger partial charge in [-0.15, -0.1) is 0 Å². The molecule has 7 nitrogen and oxygen atoms in total. The SMILES string of the molecule is CCCN(C(=O)OCc1ccccc1)C1CCN(CC[C@H](CN(C)S(=O)(=O)c2ccccc2)c2ccccc2)CC1. The van der Waals surface area contributed by atoms with E-state index in [9.17, 15) is 13.2 Å². The Morgan fingerprint density at radius 1 is 0.927 bits per heavy atom. The number of likely N-dealkylation sites (tertiary alicyclic amines) is 1. The van der Waals surface area contributed by atoms with Crippen LogP contribution in [-0.2, 0) is 21.4 Å². The molecule has 0 aromatic heterocycles. The van der Waals surface area contributed by atoms with E-state index in [4.69, 9.17) is 4.74 Å². The molecular formula is C33H43N3O4S. The number of ether oxygens (including phenoxy) is 1. The fourth-order valence-electron chi connectivity index (χ4n) is 5.53. The molecule has 1 atom stereocenters. The first kappa shape index (κ1) is 30.8. The van der Waals surface area contributed by atoms with Crippen molar-refractivity contribution in [2.24, 2.45) is 0 Å². The number of likely N-dealkylation sites (N-methyl/N-ethyl adjacent to an activating group) is 1. The summed E-state index contributed by atoms with van der Waals surface area (Å²) >= 11 is 0. The topological polar surface area (TPSA) is 70.2 Å². The Balaban J connectivity index is 1.33. The summed E-state index contributed by atoms with van der Waals surface area (Å²) in [4.78, 5) is 17.7. The van der Waals surface area contributed by atoms with E-state index in [2.05, 4.69) is 24.0 Å². The third kappa shape index (κ3) is 8.64. The van der Waals surface area contributed by atoms with Crippen LogP contribution in [0.4, 0.5) is 4.79 Å². The number of amides is 1. The quantitative estimate of drug-likeness (QED) is 0.249. The summed E-state index contributed by atoms with van der Waals surface area (Å²) < 4.78 is 33.6. The van der Waals surface area contributed by atoms with Crippen molar-refractivity contribution < 1.29 is 17.9 Å². The van der Waals surface area contributed by atoms with Crippen LogP contribution in [0.5, 0.6) is 0 Å². The highest BCUT2D eigenvalue weighted by Gasteiger charge is 2.30. The molecule has 220 valence electrons. The van der Waals surface area contributed by atoms with Gasteiger partial charge in [-0.1, -0.05) is 85.8 Å². The summed E-state index contributed by atoms with van der Waals surface area (Å²) in [6, 6.07) is 28.8. The molecule has 0 saturated carbocycles. The first-order valence-corrected chi connectivity index (χ1v) is 16.1. The molecule has 1 fully saturated rings. The molecule has 41 heavy (non-hydrogen) atoms. The minimum atomic E-state index is -3.57. The summed E-state index contributed by atoms with van der Waals surface area (Å²) in [5.74, 6) is 0.0713. The highest BCUT2D eigenvalue weighted by atomic mass is 32.2. The molecule has 1 saturated heterocycles. The molecule has 0 spiro atoms. The smallest absolute Gasteiger partial charge is 0.410 e. The molecular weight excluding hydrogens is 534 g/mol. The summed E-state index contributed by atoms with van der Waals surface area (Å²) in [5.41, 5.74) is 2.13. The maximum absolute atomic E-state index is 13.2. The van der Waals surface area contributed by atoms with Crippen LogP contribution in [0.3, 0.4) is 0 Å². The Morgan fingerprint density at radius 2 is 1.51 bits per heavy atom. The van der Waals surface area contributed by atoms with Crippen LogP contribution >= 0.6 is 0 Å². The van der Waals surface area contributed by atoms with E-state index in [1.54, 1.807) is 31.3 Å². The standard InChI is InChI=1S/C33H43N3O4S/c1-3-22-36(33(37)40-27-28-13-7-4-8-14-28)31-20-24-35(25-21-31)23-19-30(29-15-9-5-10-16-29)26-34(2)41(38,39)32-17-11-6-12-18-32/h4-18,30-31H,3,19-27H2,1-2H3/t30-/m1/s1. The summed E-state index contributed by atoms with van der Waals surface area (Å²) in [5, 5.41) is 0. The van der Waals surface area contributed by atoms with E-state index in [0.29, 0.717) is 18.0 Å². The van der Waals surface area contributed by atoms with Crippen molar-refractivity contribution in [2.45, 2.75) is 56.1 Å². The van der Waals surface area contributed by atoms with Crippen LogP contribution in [0.2, 0.25) is 0 Å². The number of nitrogens with zero attached hydrogens (tertiary/aromatic N) is 3. The lowest BCUT2D eigenvalue weighted by Crippen LogP contribution is -2.48. The van der Waals surface area contributed by atoms with E-state index in [1.807, 2.05) is 59.5 Å². The Labute approximate surface area is 245 Å². The third-order valence-electron chi connectivity index (χ3n) is 7.90. The van der Waals surface area contributed by atoms with Crippen molar-refractivity contribution in [3.05, 3.63) is 102 Å². The van der Waals surface area contributed by atoms with Gasteiger partial charge in [0.1, 0.15) is 6.61 Å². The van der Waals surface area contributed by atoms with Gasteiger partial charge in [0.2, 0.25) is 10.0 Å². The molecule has 0 unspecified atom stereocenters. The number of carbonyl (C=O) groups excluding carboxylic acids is 1. The minimum Gasteiger partial charge on any atom is -0.445 e. The van der Waals surface area contributed by atoms with Crippen molar-refractivity contribution in [1.82, 2.24) is 14.1 Å². The highest BCUT2D eigenvalue weighted by Crippen LogP contribution is 2.26. The van der Waals surface area contributed by atoms with E-state index >= 15 is 0 Å². The lowest BCUT2D eigenvalue weighted by molar-refractivity contribution is 0.0601. The number of sulfonamides is 1. The molecule has 0 aliphatic carbocycles. The molecule has 0 N–H and O–H groups in total. The second kappa shape index (κ2) is 15.1. The van der Waals surface area contributed by atoms with E-state index < -0.39 is 10.0 Å². The molecule has 3 aromatic carbocycles. The molecule has 0 bridgehead atoms. The van der Waals surface area contributed by atoms with Crippen molar-refractivity contribution in [3.8, 4) is 0 Å². The van der Waals surface area contributed by atoms with E-state index in [0.717, 1.165) is 56.4 Å². The normalized spacial score (nSPS) is 15.5. The van der Waals surface area contributed by atoms with Crippen LogP contribution < -0.4 is 0 Å². The molecule has 1 aliphatic rings. The highest BCUT2D eigenvalue weighted by molar-refractivity contribution is 7.89. The molecule has 4 rings (SSSR count). The Bertz CT molecular complexity index is 1300. The molecule has 3 aromatic rings. The molecule has 0 radical (unpaired) electrons. The number of rotatable bonds is 13. The zero-order chi connectivity index (χ0) is 29.1. The van der Waals surface area contributed by atoms with Gasteiger partial charge in [-0.05, 0) is 61.4 Å². The van der Waals surface area contributed by atoms with Crippen LogP contribution in [0.15, 0.2) is 95.9 Å². The third-order valence-corrected chi connectivity index (χ3v) is 9.73. The zero-order valence-electron chi connectivity index (χ0n) is 24.3.